The van der Waals surface area contributed by atoms with Gasteiger partial charge in [-0.25, -0.2) is 0 Å². The largest absolute Gasteiger partial charge is 0.492 e. The molecule has 33 heavy (non-hydrogen) atoms. The Hall–Kier alpha value is -3.32. The maximum absolute atomic E-state index is 12.7. The van der Waals surface area contributed by atoms with Crippen LogP contribution in [0.2, 0.25) is 0 Å². The van der Waals surface area contributed by atoms with Crippen molar-refractivity contribution in [2.45, 2.75) is 26.2 Å². The van der Waals surface area contributed by atoms with E-state index in [9.17, 15) is 9.59 Å². The predicted molar refractivity (Wildman–Crippen MR) is 131 cm³/mol. The van der Waals surface area contributed by atoms with Crippen molar-refractivity contribution < 1.29 is 19.1 Å². The molecule has 0 aliphatic carbocycles. The lowest BCUT2D eigenvalue weighted by Gasteiger charge is -2.13. The van der Waals surface area contributed by atoms with Gasteiger partial charge in [0.15, 0.2) is 6.61 Å². The molecule has 0 saturated heterocycles. The Bertz CT molecular complexity index is 1070. The fraction of sp³-hybridized carbons (Fsp3) is 0.231. The van der Waals surface area contributed by atoms with Gasteiger partial charge in [-0.3, -0.25) is 20.4 Å². The summed E-state index contributed by atoms with van der Waals surface area (Å²) in [6, 6.07) is 22.7. The zero-order chi connectivity index (χ0) is 23.6. The zero-order valence-corrected chi connectivity index (χ0v) is 20.2. The number of rotatable bonds is 9. The lowest BCUT2D eigenvalue weighted by atomic mass is 10.0. The van der Waals surface area contributed by atoms with E-state index in [2.05, 4.69) is 40.6 Å². The van der Waals surface area contributed by atoms with Crippen molar-refractivity contribution in [3.63, 3.8) is 0 Å². The van der Waals surface area contributed by atoms with E-state index in [0.717, 1.165) is 10.0 Å². The molecule has 0 heterocycles. The van der Waals surface area contributed by atoms with Crippen molar-refractivity contribution >= 4 is 27.7 Å². The highest BCUT2D eigenvalue weighted by molar-refractivity contribution is 9.10. The lowest BCUT2D eigenvalue weighted by Crippen LogP contribution is -2.44. The summed E-state index contributed by atoms with van der Waals surface area (Å²) in [6.45, 7) is 4.41. The van der Waals surface area contributed by atoms with E-state index in [1.807, 2.05) is 54.6 Å². The van der Waals surface area contributed by atoms with Crippen molar-refractivity contribution in [1.82, 2.24) is 10.9 Å². The van der Waals surface area contributed by atoms with Crippen molar-refractivity contribution in [1.29, 1.82) is 0 Å². The second-order valence-corrected chi connectivity index (χ2v) is 8.65. The molecule has 0 saturated carbocycles. The van der Waals surface area contributed by atoms with E-state index in [-0.39, 0.29) is 6.61 Å². The third-order valence-corrected chi connectivity index (χ3v) is 5.40. The van der Waals surface area contributed by atoms with Gasteiger partial charge in [-0.1, -0.05) is 72.2 Å². The average molecular weight is 511 g/mol. The first-order chi connectivity index (χ1) is 15.9. The molecule has 6 nitrogen and oxygen atoms in total. The van der Waals surface area contributed by atoms with Crippen molar-refractivity contribution in [3.05, 3.63) is 94.0 Å². The fourth-order valence-corrected chi connectivity index (χ4v) is 3.42. The SMILES string of the molecule is CC(C)c1ccc(OCC(=O)NNC(=O)c2cc(Br)ccc2OCCc2ccccc2)cc1. The van der Waals surface area contributed by atoms with Crippen LogP contribution < -0.4 is 20.3 Å². The van der Waals surface area contributed by atoms with Crippen LogP contribution in [0, 0.1) is 0 Å². The molecular formula is C26H27BrN2O4. The van der Waals surface area contributed by atoms with Crippen LogP contribution in [0.25, 0.3) is 0 Å². The standard InChI is InChI=1S/C26H27BrN2O4/c1-18(2)20-8-11-22(12-9-20)33-17-25(30)28-29-26(31)23-16-21(27)10-13-24(23)32-15-14-19-6-4-3-5-7-19/h3-13,16,18H,14-15,17H2,1-2H3,(H,28,30)(H,29,31). The first-order valence-electron chi connectivity index (χ1n) is 10.7. The molecule has 0 unspecified atom stereocenters. The Morgan fingerprint density at radius 3 is 2.33 bits per heavy atom. The number of halogens is 1. The highest BCUT2D eigenvalue weighted by Gasteiger charge is 2.15. The smallest absolute Gasteiger partial charge is 0.276 e. The Morgan fingerprint density at radius 1 is 0.909 bits per heavy atom. The summed E-state index contributed by atoms with van der Waals surface area (Å²) in [5.41, 5.74) is 7.43. The Balaban J connectivity index is 1.50. The predicted octanol–water partition coefficient (Wildman–Crippen LogP) is 5.03. The molecule has 0 aliphatic heterocycles. The van der Waals surface area contributed by atoms with Gasteiger partial charge < -0.3 is 9.47 Å². The van der Waals surface area contributed by atoms with E-state index in [0.29, 0.717) is 36.0 Å². The first-order valence-corrected chi connectivity index (χ1v) is 11.5. The van der Waals surface area contributed by atoms with Crippen molar-refractivity contribution in [2.24, 2.45) is 0 Å². The summed E-state index contributed by atoms with van der Waals surface area (Å²) < 4.78 is 12.0. The van der Waals surface area contributed by atoms with Gasteiger partial charge in [0, 0.05) is 10.9 Å². The van der Waals surface area contributed by atoms with Crippen LogP contribution in [0.5, 0.6) is 11.5 Å². The minimum Gasteiger partial charge on any atom is -0.492 e. The number of carbonyl (C=O) groups is 2. The molecule has 3 aromatic carbocycles. The van der Waals surface area contributed by atoms with Crippen LogP contribution in [0.1, 0.15) is 41.3 Å². The lowest BCUT2D eigenvalue weighted by molar-refractivity contribution is -0.123. The van der Waals surface area contributed by atoms with Gasteiger partial charge in [0.05, 0.1) is 12.2 Å². The number of carbonyl (C=O) groups excluding carboxylic acids is 2. The molecule has 0 atom stereocenters. The number of amides is 2. The third-order valence-electron chi connectivity index (χ3n) is 4.91. The molecule has 0 bridgehead atoms. The van der Waals surface area contributed by atoms with Gasteiger partial charge in [-0.15, -0.1) is 0 Å². The fourth-order valence-electron chi connectivity index (χ4n) is 3.06. The molecule has 0 radical (unpaired) electrons. The summed E-state index contributed by atoms with van der Waals surface area (Å²) in [5, 5.41) is 0. The molecule has 172 valence electrons. The van der Waals surface area contributed by atoms with Crippen molar-refractivity contribution in [3.8, 4) is 11.5 Å². The Kier molecular flexibility index (Phi) is 8.89. The summed E-state index contributed by atoms with van der Waals surface area (Å²) >= 11 is 3.37. The molecule has 0 aromatic heterocycles. The van der Waals surface area contributed by atoms with Crippen LogP contribution in [-0.2, 0) is 11.2 Å². The van der Waals surface area contributed by atoms with Gasteiger partial charge in [-0.2, -0.15) is 0 Å². The number of hydrogen-bond donors (Lipinski definition) is 2. The summed E-state index contributed by atoms with van der Waals surface area (Å²) in [7, 11) is 0. The van der Waals surface area contributed by atoms with Gasteiger partial charge in [0.25, 0.3) is 11.8 Å². The van der Waals surface area contributed by atoms with Gasteiger partial charge >= 0.3 is 0 Å². The van der Waals surface area contributed by atoms with E-state index in [1.165, 1.54) is 5.56 Å². The topological polar surface area (TPSA) is 76.7 Å². The normalized spacial score (nSPS) is 10.5. The molecule has 7 heteroatoms. The van der Waals surface area contributed by atoms with Crippen LogP contribution in [0.3, 0.4) is 0 Å². The Morgan fingerprint density at radius 2 is 1.64 bits per heavy atom. The zero-order valence-electron chi connectivity index (χ0n) is 18.6. The minimum absolute atomic E-state index is 0.222. The molecular weight excluding hydrogens is 484 g/mol. The first kappa shape index (κ1) is 24.3. The monoisotopic (exact) mass is 510 g/mol. The summed E-state index contributed by atoms with van der Waals surface area (Å²) in [6.07, 6.45) is 0.712. The van der Waals surface area contributed by atoms with Crippen LogP contribution in [0.4, 0.5) is 0 Å². The van der Waals surface area contributed by atoms with E-state index in [1.54, 1.807) is 18.2 Å². The maximum atomic E-state index is 12.7. The maximum Gasteiger partial charge on any atom is 0.276 e. The molecule has 3 aromatic rings. The molecule has 0 aliphatic rings. The second kappa shape index (κ2) is 12.1. The summed E-state index contributed by atoms with van der Waals surface area (Å²) in [4.78, 5) is 24.8. The van der Waals surface area contributed by atoms with Crippen LogP contribution >= 0.6 is 15.9 Å². The number of hydrazine groups is 1. The highest BCUT2D eigenvalue weighted by atomic mass is 79.9. The van der Waals surface area contributed by atoms with Gasteiger partial charge in [-0.05, 0) is 47.4 Å². The number of ether oxygens (including phenoxy) is 2. The van der Waals surface area contributed by atoms with E-state index in [4.69, 9.17) is 9.47 Å². The van der Waals surface area contributed by atoms with Crippen molar-refractivity contribution in [2.75, 3.05) is 13.2 Å². The quantitative estimate of drug-likeness (QED) is 0.395. The molecule has 2 amide bonds. The Labute approximate surface area is 202 Å². The van der Waals surface area contributed by atoms with E-state index < -0.39 is 11.8 Å². The summed E-state index contributed by atoms with van der Waals surface area (Å²) in [5.74, 6) is 0.477. The van der Waals surface area contributed by atoms with E-state index >= 15 is 0 Å². The van der Waals surface area contributed by atoms with Gasteiger partial charge in [0.2, 0.25) is 0 Å². The molecule has 2 N–H and O–H groups in total. The number of nitrogens with one attached hydrogen (secondary N) is 2. The molecule has 0 fully saturated rings. The number of hydrogen-bond acceptors (Lipinski definition) is 4. The second-order valence-electron chi connectivity index (χ2n) is 7.74. The highest BCUT2D eigenvalue weighted by Crippen LogP contribution is 2.23. The van der Waals surface area contributed by atoms with Crippen LogP contribution in [-0.4, -0.2) is 25.0 Å². The average Bonchev–Trinajstić information content (AvgIpc) is 2.83. The molecule has 3 rings (SSSR count). The number of benzene rings is 3. The van der Waals surface area contributed by atoms with Gasteiger partial charge in [0.1, 0.15) is 11.5 Å². The molecule has 0 spiro atoms. The minimum atomic E-state index is -0.486. The third kappa shape index (κ3) is 7.64. The van der Waals surface area contributed by atoms with Crippen LogP contribution in [0.15, 0.2) is 77.3 Å².